The molecular formula is C5H8N4OS. The van der Waals surface area contributed by atoms with E-state index >= 15 is 0 Å². The van der Waals surface area contributed by atoms with E-state index in [0.717, 1.165) is 13.0 Å². The van der Waals surface area contributed by atoms with Crippen molar-refractivity contribution in [1.82, 2.24) is 9.78 Å². The third-order valence-electron chi connectivity index (χ3n) is 1.13. The Balaban J connectivity index is 2.95. The standard InChI is InChI=1S/C5H8N4OS/c1-2-3-9-5(7-8-10)11-4-6-9/h4H,2-3H2,1H3/b7-5-. The van der Waals surface area contributed by atoms with Gasteiger partial charge in [0.15, 0.2) is 0 Å². The van der Waals surface area contributed by atoms with E-state index in [9.17, 15) is 4.91 Å². The van der Waals surface area contributed by atoms with Crippen LogP contribution in [0.4, 0.5) is 0 Å². The van der Waals surface area contributed by atoms with E-state index in [1.165, 1.54) is 11.3 Å². The van der Waals surface area contributed by atoms with Gasteiger partial charge in [0.05, 0.1) is 5.29 Å². The summed E-state index contributed by atoms with van der Waals surface area (Å²) in [6.45, 7) is 2.81. The number of hydrogen-bond donors (Lipinski definition) is 0. The molecule has 11 heavy (non-hydrogen) atoms. The molecule has 0 saturated heterocycles. The number of hydrogen-bond acceptors (Lipinski definition) is 4. The number of nitroso groups, excluding NO2 is 1. The van der Waals surface area contributed by atoms with Gasteiger partial charge in [-0.3, -0.25) is 0 Å². The van der Waals surface area contributed by atoms with E-state index in [1.807, 2.05) is 6.92 Å². The summed E-state index contributed by atoms with van der Waals surface area (Å²) in [4.78, 5) is 10.3. The summed E-state index contributed by atoms with van der Waals surface area (Å²) in [5.41, 5.74) is 1.64. The summed E-state index contributed by atoms with van der Waals surface area (Å²) in [5, 5.41) is 9.79. The van der Waals surface area contributed by atoms with Gasteiger partial charge in [0.25, 0.3) is 0 Å². The van der Waals surface area contributed by atoms with E-state index in [4.69, 9.17) is 0 Å². The van der Waals surface area contributed by atoms with Gasteiger partial charge in [0, 0.05) is 6.54 Å². The Morgan fingerprint density at radius 1 is 1.82 bits per heavy atom. The van der Waals surface area contributed by atoms with Gasteiger partial charge in [0.1, 0.15) is 5.51 Å². The molecule has 0 bridgehead atoms. The van der Waals surface area contributed by atoms with Crippen molar-refractivity contribution < 1.29 is 0 Å². The SMILES string of the molecule is CCCn1ncs/c1=N\N=O. The fourth-order valence-electron chi connectivity index (χ4n) is 0.713. The van der Waals surface area contributed by atoms with Gasteiger partial charge in [-0.1, -0.05) is 23.4 Å². The van der Waals surface area contributed by atoms with Crippen LogP contribution in [0.25, 0.3) is 0 Å². The van der Waals surface area contributed by atoms with Crippen LogP contribution in [0, 0.1) is 4.91 Å². The molecule has 1 heterocycles. The highest BCUT2D eigenvalue weighted by atomic mass is 32.1. The van der Waals surface area contributed by atoms with Crippen molar-refractivity contribution in [2.45, 2.75) is 19.9 Å². The van der Waals surface area contributed by atoms with Crippen LogP contribution in [0.3, 0.4) is 0 Å². The normalized spacial score (nSPS) is 11.9. The van der Waals surface area contributed by atoms with Gasteiger partial charge in [-0.2, -0.15) is 5.10 Å². The largest absolute Gasteiger partial charge is 0.237 e. The molecule has 60 valence electrons. The van der Waals surface area contributed by atoms with Crippen LogP contribution in [-0.2, 0) is 6.54 Å². The zero-order valence-electron chi connectivity index (χ0n) is 6.10. The number of aryl methyl sites for hydroxylation is 1. The molecule has 1 aromatic heterocycles. The van der Waals surface area contributed by atoms with Crippen molar-refractivity contribution >= 4 is 11.3 Å². The summed E-state index contributed by atoms with van der Waals surface area (Å²) < 4.78 is 1.66. The highest BCUT2D eigenvalue weighted by Crippen LogP contribution is 1.87. The fourth-order valence-corrected chi connectivity index (χ4v) is 1.31. The first-order chi connectivity index (χ1) is 5.38. The van der Waals surface area contributed by atoms with Crippen LogP contribution in [0.2, 0.25) is 0 Å². The van der Waals surface area contributed by atoms with Gasteiger partial charge >= 0.3 is 0 Å². The Hall–Kier alpha value is -1.04. The molecule has 0 saturated carbocycles. The van der Waals surface area contributed by atoms with Crippen LogP contribution in [-0.4, -0.2) is 9.78 Å². The Morgan fingerprint density at radius 3 is 3.27 bits per heavy atom. The summed E-state index contributed by atoms with van der Waals surface area (Å²) in [6.07, 6.45) is 0.968. The lowest BCUT2D eigenvalue weighted by atomic mass is 10.5. The third-order valence-corrected chi connectivity index (χ3v) is 1.83. The van der Waals surface area contributed by atoms with Crippen LogP contribution in [0.1, 0.15) is 13.3 Å². The van der Waals surface area contributed by atoms with Crippen molar-refractivity contribution in [3.63, 3.8) is 0 Å². The van der Waals surface area contributed by atoms with Gasteiger partial charge in [0.2, 0.25) is 4.80 Å². The van der Waals surface area contributed by atoms with Crippen molar-refractivity contribution in [2.24, 2.45) is 10.4 Å². The Labute approximate surface area is 67.3 Å². The maximum Gasteiger partial charge on any atom is 0.231 e. The van der Waals surface area contributed by atoms with E-state index in [1.54, 1.807) is 10.2 Å². The summed E-state index contributed by atoms with van der Waals surface area (Å²) in [6, 6.07) is 0. The second-order valence-electron chi connectivity index (χ2n) is 1.93. The molecule has 0 aromatic carbocycles. The van der Waals surface area contributed by atoms with Crippen molar-refractivity contribution in [3.05, 3.63) is 15.2 Å². The number of aromatic nitrogens is 2. The Kier molecular flexibility index (Phi) is 2.91. The molecule has 0 spiro atoms. The van der Waals surface area contributed by atoms with Crippen molar-refractivity contribution in [1.29, 1.82) is 0 Å². The topological polar surface area (TPSA) is 59.6 Å². The molecule has 1 rings (SSSR count). The summed E-state index contributed by atoms with van der Waals surface area (Å²) in [5.74, 6) is 0. The van der Waals surface area contributed by atoms with Crippen LogP contribution in [0.5, 0.6) is 0 Å². The number of rotatable bonds is 3. The first kappa shape index (κ1) is 8.06. The van der Waals surface area contributed by atoms with Gasteiger partial charge < -0.3 is 0 Å². The van der Waals surface area contributed by atoms with Gasteiger partial charge in [-0.15, -0.1) is 4.91 Å². The average Bonchev–Trinajstić information content (AvgIpc) is 2.39. The highest BCUT2D eigenvalue weighted by Gasteiger charge is 1.93. The lowest BCUT2D eigenvalue weighted by molar-refractivity contribution is 0.577. The predicted octanol–water partition coefficient (Wildman–Crippen LogP) is 0.937. The quantitative estimate of drug-likeness (QED) is 0.503. The molecule has 5 nitrogen and oxygen atoms in total. The molecule has 0 aliphatic rings. The van der Waals surface area contributed by atoms with Crippen molar-refractivity contribution in [3.8, 4) is 0 Å². The minimum atomic E-state index is 0.557. The maximum atomic E-state index is 9.78. The smallest absolute Gasteiger partial charge is 0.231 e. The molecule has 6 heteroatoms. The van der Waals surface area contributed by atoms with E-state index in [0.29, 0.717) is 4.80 Å². The first-order valence-electron chi connectivity index (χ1n) is 3.25. The lowest BCUT2D eigenvalue weighted by Crippen LogP contribution is -2.15. The van der Waals surface area contributed by atoms with Crippen LogP contribution in [0.15, 0.2) is 15.9 Å². The van der Waals surface area contributed by atoms with E-state index in [-0.39, 0.29) is 0 Å². The molecule has 1 aromatic rings. The zero-order chi connectivity index (χ0) is 8.10. The molecule has 0 N–H and O–H groups in total. The monoisotopic (exact) mass is 172 g/mol. The highest BCUT2D eigenvalue weighted by molar-refractivity contribution is 7.06. The average molecular weight is 172 g/mol. The summed E-state index contributed by atoms with van der Waals surface area (Å²) in [7, 11) is 0. The van der Waals surface area contributed by atoms with E-state index < -0.39 is 0 Å². The lowest BCUT2D eigenvalue weighted by Gasteiger charge is -1.93. The molecule has 0 amide bonds. The first-order valence-corrected chi connectivity index (χ1v) is 4.13. The third kappa shape index (κ3) is 1.94. The molecule has 0 atom stereocenters. The molecule has 0 radical (unpaired) electrons. The second kappa shape index (κ2) is 3.97. The summed E-state index contributed by atoms with van der Waals surface area (Å²) >= 11 is 1.31. The van der Waals surface area contributed by atoms with Crippen molar-refractivity contribution in [2.75, 3.05) is 0 Å². The van der Waals surface area contributed by atoms with Crippen LogP contribution >= 0.6 is 11.3 Å². The minimum Gasteiger partial charge on any atom is -0.237 e. The second-order valence-corrected chi connectivity index (χ2v) is 2.74. The van der Waals surface area contributed by atoms with Gasteiger partial charge in [-0.05, 0) is 6.42 Å². The maximum absolute atomic E-state index is 9.78. The molecule has 0 aliphatic heterocycles. The van der Waals surface area contributed by atoms with Crippen LogP contribution < -0.4 is 4.80 Å². The minimum absolute atomic E-state index is 0.557. The molecule has 0 aliphatic carbocycles. The number of nitrogens with zero attached hydrogens (tertiary/aromatic N) is 4. The van der Waals surface area contributed by atoms with Gasteiger partial charge in [-0.25, -0.2) is 4.68 Å². The predicted molar refractivity (Wildman–Crippen MR) is 41.8 cm³/mol. The zero-order valence-corrected chi connectivity index (χ0v) is 6.91. The molecular weight excluding hydrogens is 164 g/mol. The van der Waals surface area contributed by atoms with E-state index in [2.05, 4.69) is 15.5 Å². The Bertz CT molecular complexity index is 289. The molecule has 0 fully saturated rings. The fraction of sp³-hybridized carbons (Fsp3) is 0.600. The Morgan fingerprint density at radius 2 is 2.64 bits per heavy atom. The molecule has 0 unspecified atom stereocenters.